The Morgan fingerprint density at radius 1 is 1.17 bits per heavy atom. The summed E-state index contributed by atoms with van der Waals surface area (Å²) in [5.41, 5.74) is 0.818. The van der Waals surface area contributed by atoms with Gasteiger partial charge in [-0.15, -0.1) is 0 Å². The van der Waals surface area contributed by atoms with Crippen LogP contribution in [0.3, 0.4) is 0 Å². The lowest BCUT2D eigenvalue weighted by molar-refractivity contribution is 0.136. The smallest absolute Gasteiger partial charge is 0.436 e. The molecule has 134 valence electrons. The van der Waals surface area contributed by atoms with Crippen molar-refractivity contribution in [1.29, 1.82) is 0 Å². The van der Waals surface area contributed by atoms with Gasteiger partial charge in [-0.1, -0.05) is 6.07 Å². The summed E-state index contributed by atoms with van der Waals surface area (Å²) in [5.74, 6) is 1.30. The van der Waals surface area contributed by atoms with Crippen LogP contribution in [0.5, 0.6) is 11.5 Å². The molecule has 0 spiro atoms. The van der Waals surface area contributed by atoms with Gasteiger partial charge in [-0.3, -0.25) is 9.05 Å². The molecule has 0 aromatic heterocycles. The van der Waals surface area contributed by atoms with Gasteiger partial charge in [-0.2, -0.15) is 0 Å². The number of hydrogen-bond donors (Lipinski definition) is 2. The lowest BCUT2D eigenvalue weighted by atomic mass is 10.2. The van der Waals surface area contributed by atoms with Gasteiger partial charge in [-0.05, 0) is 45.4 Å². The summed E-state index contributed by atoms with van der Waals surface area (Å²) in [5, 5.41) is 4.90. The van der Waals surface area contributed by atoms with Crippen LogP contribution >= 0.6 is 7.75 Å². The second-order valence-electron chi connectivity index (χ2n) is 5.79. The third-order valence-electron chi connectivity index (χ3n) is 2.83. The summed E-state index contributed by atoms with van der Waals surface area (Å²) in [7, 11) is -3.73. The van der Waals surface area contributed by atoms with E-state index in [1.54, 1.807) is 39.8 Å². The molecule has 0 saturated carbocycles. The van der Waals surface area contributed by atoms with E-state index in [2.05, 4.69) is 10.4 Å². The highest BCUT2D eigenvalue weighted by molar-refractivity contribution is 7.52. The van der Waals surface area contributed by atoms with Crippen LogP contribution in [0.1, 0.15) is 33.3 Å². The highest BCUT2D eigenvalue weighted by Crippen LogP contribution is 2.46. The van der Waals surface area contributed by atoms with E-state index < -0.39 is 13.8 Å². The summed E-state index contributed by atoms with van der Waals surface area (Å²) in [6, 6.07) is 4.71. The van der Waals surface area contributed by atoms with Gasteiger partial charge in [0.25, 0.3) is 0 Å². The second-order valence-corrected chi connectivity index (χ2v) is 7.43. The Hall–Kier alpha value is -1.76. The number of fused-ring (bicyclic) bond motifs is 1. The average molecular weight is 358 g/mol. The molecule has 9 heteroatoms. The Balaban J connectivity index is 1.92. The number of carbonyl (C=O) groups is 1. The van der Waals surface area contributed by atoms with Gasteiger partial charge in [0.1, 0.15) is 0 Å². The molecule has 0 fully saturated rings. The van der Waals surface area contributed by atoms with Crippen LogP contribution in [0.2, 0.25) is 0 Å². The van der Waals surface area contributed by atoms with Gasteiger partial charge in [0.2, 0.25) is 6.79 Å². The van der Waals surface area contributed by atoms with E-state index >= 15 is 0 Å². The van der Waals surface area contributed by atoms with Crippen LogP contribution in [0.15, 0.2) is 18.2 Å². The quantitative estimate of drug-likeness (QED) is 0.727. The molecule has 2 amide bonds. The number of hydrogen-bond acceptors (Lipinski definition) is 6. The first-order valence-corrected chi connectivity index (χ1v) is 9.23. The molecule has 1 aromatic carbocycles. The lowest BCUT2D eigenvalue weighted by Crippen LogP contribution is -2.35. The van der Waals surface area contributed by atoms with E-state index in [9.17, 15) is 9.36 Å². The Labute approximate surface area is 141 Å². The molecule has 1 aliphatic rings. The van der Waals surface area contributed by atoms with E-state index in [1.807, 2.05) is 6.07 Å². The second kappa shape index (κ2) is 7.88. The zero-order valence-electron chi connectivity index (χ0n) is 14.2. The summed E-state index contributed by atoms with van der Waals surface area (Å²) < 4.78 is 33.6. The first-order valence-electron chi connectivity index (χ1n) is 7.69. The minimum atomic E-state index is -3.73. The van der Waals surface area contributed by atoms with Gasteiger partial charge in [0.05, 0.1) is 12.2 Å². The minimum absolute atomic E-state index is 0.189. The highest BCUT2D eigenvalue weighted by atomic mass is 31.2. The van der Waals surface area contributed by atoms with E-state index in [0.29, 0.717) is 11.5 Å². The van der Waals surface area contributed by atoms with Crippen molar-refractivity contribution in [2.45, 2.75) is 46.4 Å². The monoisotopic (exact) mass is 358 g/mol. The number of rotatable bonds is 7. The minimum Gasteiger partial charge on any atom is -0.454 e. The Bertz CT molecular complexity index is 620. The van der Waals surface area contributed by atoms with Gasteiger partial charge >= 0.3 is 13.8 Å². The maximum Gasteiger partial charge on any atom is 0.436 e. The molecular weight excluding hydrogens is 335 g/mol. The van der Waals surface area contributed by atoms with Gasteiger partial charge in [0, 0.05) is 6.54 Å². The summed E-state index contributed by atoms with van der Waals surface area (Å²) >= 11 is 0. The fourth-order valence-corrected chi connectivity index (χ4v) is 3.62. The molecule has 0 unspecified atom stereocenters. The van der Waals surface area contributed by atoms with E-state index in [1.165, 1.54) is 0 Å². The lowest BCUT2D eigenvalue weighted by Gasteiger charge is -2.23. The molecule has 1 heterocycles. The predicted molar refractivity (Wildman–Crippen MR) is 88.0 cm³/mol. The third-order valence-corrected chi connectivity index (χ3v) is 4.70. The van der Waals surface area contributed by atoms with E-state index in [4.69, 9.17) is 18.5 Å². The molecule has 0 bridgehead atoms. The molecule has 0 radical (unpaired) electrons. The zero-order valence-corrected chi connectivity index (χ0v) is 15.1. The molecule has 0 aliphatic carbocycles. The number of ether oxygens (including phenoxy) is 2. The number of carbonyl (C=O) groups excluding carboxylic acids is 1. The van der Waals surface area contributed by atoms with E-state index in [-0.39, 0.29) is 25.5 Å². The van der Waals surface area contributed by atoms with Crippen LogP contribution in [0, 0.1) is 0 Å². The van der Waals surface area contributed by atoms with Crippen LogP contribution in [0.4, 0.5) is 4.79 Å². The van der Waals surface area contributed by atoms with Crippen LogP contribution < -0.4 is 19.9 Å². The normalized spacial score (nSPS) is 13.4. The molecule has 0 saturated heterocycles. The molecule has 2 N–H and O–H groups in total. The highest BCUT2D eigenvalue weighted by Gasteiger charge is 2.30. The van der Waals surface area contributed by atoms with Gasteiger partial charge in [0.15, 0.2) is 11.5 Å². The molecule has 24 heavy (non-hydrogen) atoms. The fourth-order valence-electron chi connectivity index (χ4n) is 2.03. The molecule has 1 aromatic rings. The van der Waals surface area contributed by atoms with Crippen LogP contribution in [0.25, 0.3) is 0 Å². The molecule has 0 atom stereocenters. The first-order chi connectivity index (χ1) is 11.3. The van der Waals surface area contributed by atoms with Crippen molar-refractivity contribution in [3.05, 3.63) is 23.8 Å². The van der Waals surface area contributed by atoms with Gasteiger partial charge < -0.3 is 14.8 Å². The van der Waals surface area contributed by atoms with Crippen molar-refractivity contribution in [1.82, 2.24) is 10.4 Å². The zero-order chi connectivity index (χ0) is 17.7. The third kappa shape index (κ3) is 5.40. The Morgan fingerprint density at radius 3 is 2.42 bits per heavy atom. The van der Waals surface area contributed by atoms with Gasteiger partial charge in [-0.25, -0.2) is 14.4 Å². The average Bonchev–Trinajstić information content (AvgIpc) is 2.90. The van der Waals surface area contributed by atoms with Crippen molar-refractivity contribution < 1.29 is 27.9 Å². The Morgan fingerprint density at radius 2 is 1.79 bits per heavy atom. The number of amides is 2. The van der Waals surface area contributed by atoms with Crippen molar-refractivity contribution in [3.8, 4) is 11.5 Å². The summed E-state index contributed by atoms with van der Waals surface area (Å²) in [6.07, 6.45) is -0.715. The SMILES string of the molecule is CC(C)OP(=O)(NC(=O)NCc1ccc2c(c1)OCO2)OC(C)C. The molecular formula is C15H23N2O6P. The fraction of sp³-hybridized carbons (Fsp3) is 0.533. The Kier molecular flexibility index (Phi) is 6.10. The maximum atomic E-state index is 12.6. The molecule has 8 nitrogen and oxygen atoms in total. The van der Waals surface area contributed by atoms with Crippen LogP contribution in [-0.4, -0.2) is 25.0 Å². The topological polar surface area (TPSA) is 95.1 Å². The summed E-state index contributed by atoms with van der Waals surface area (Å²) in [4.78, 5) is 12.0. The van der Waals surface area contributed by atoms with Crippen molar-refractivity contribution in [3.63, 3.8) is 0 Å². The first kappa shape index (κ1) is 18.6. The maximum absolute atomic E-state index is 12.6. The molecule has 1 aliphatic heterocycles. The standard InChI is InChI=1S/C15H23N2O6P/c1-10(2)22-24(19,23-11(3)4)17-15(18)16-8-12-5-6-13-14(7-12)21-9-20-13/h5-7,10-11H,8-9H2,1-4H3,(H2,16,17,18,19). The largest absolute Gasteiger partial charge is 0.454 e. The number of urea groups is 1. The van der Waals surface area contributed by atoms with Crippen molar-refractivity contribution >= 4 is 13.8 Å². The number of benzene rings is 1. The number of nitrogens with one attached hydrogen (secondary N) is 2. The molecule has 2 rings (SSSR count). The van der Waals surface area contributed by atoms with Crippen molar-refractivity contribution in [2.75, 3.05) is 6.79 Å². The summed E-state index contributed by atoms with van der Waals surface area (Å²) in [6.45, 7) is 7.26. The predicted octanol–water partition coefficient (Wildman–Crippen LogP) is 3.17. The van der Waals surface area contributed by atoms with Crippen molar-refractivity contribution in [2.24, 2.45) is 0 Å². The van der Waals surface area contributed by atoms with Crippen LogP contribution in [-0.2, 0) is 20.2 Å². The van der Waals surface area contributed by atoms with E-state index in [0.717, 1.165) is 5.56 Å².